The molecule has 1 amide bonds. The molecule has 8 nitrogen and oxygen atoms in total. The third-order valence-electron chi connectivity index (χ3n) is 6.66. The van der Waals surface area contributed by atoms with Crippen LogP contribution in [0.1, 0.15) is 47.4 Å². The van der Waals surface area contributed by atoms with Crippen molar-refractivity contribution in [3.05, 3.63) is 81.4 Å². The lowest BCUT2D eigenvalue weighted by Gasteiger charge is -2.25. The van der Waals surface area contributed by atoms with E-state index in [1.807, 2.05) is 45.0 Å². The summed E-state index contributed by atoms with van der Waals surface area (Å²) in [5, 5.41) is 23.9. The number of aryl methyl sites for hydroxylation is 3. The van der Waals surface area contributed by atoms with Gasteiger partial charge in [-0.05, 0) is 62.6 Å². The quantitative estimate of drug-likeness (QED) is 0.286. The van der Waals surface area contributed by atoms with Crippen LogP contribution < -0.4 is 15.6 Å². The molecule has 1 unspecified atom stereocenters. The zero-order valence-corrected chi connectivity index (χ0v) is 21.8. The molecule has 0 saturated carbocycles. The molecule has 0 bridgehead atoms. The van der Waals surface area contributed by atoms with Crippen LogP contribution in [0.2, 0.25) is 0 Å². The van der Waals surface area contributed by atoms with Gasteiger partial charge in [0.2, 0.25) is 0 Å². The fraction of sp³-hybridized carbons (Fsp3) is 0.310. The summed E-state index contributed by atoms with van der Waals surface area (Å²) in [6.45, 7) is 7.69. The molecule has 37 heavy (non-hydrogen) atoms. The highest BCUT2D eigenvalue weighted by Crippen LogP contribution is 2.41. The number of ether oxygens (including phenoxy) is 1. The van der Waals surface area contributed by atoms with Crippen molar-refractivity contribution in [1.29, 1.82) is 0 Å². The Morgan fingerprint density at radius 1 is 1.14 bits per heavy atom. The van der Waals surface area contributed by atoms with Crippen molar-refractivity contribution in [2.75, 3.05) is 13.2 Å². The number of aromatic amines is 1. The maximum Gasteiger partial charge on any atom is 0.274 e. The molecule has 8 heteroatoms. The first-order valence-corrected chi connectivity index (χ1v) is 12.3. The second kappa shape index (κ2) is 10.2. The van der Waals surface area contributed by atoms with E-state index in [-0.39, 0.29) is 30.2 Å². The molecule has 0 spiro atoms. The van der Waals surface area contributed by atoms with Crippen molar-refractivity contribution < 1.29 is 19.7 Å². The molecule has 2 aromatic heterocycles. The van der Waals surface area contributed by atoms with Crippen molar-refractivity contribution in [1.82, 2.24) is 14.9 Å². The lowest BCUT2D eigenvalue weighted by atomic mass is 9.89. The van der Waals surface area contributed by atoms with Crippen LogP contribution in [0.3, 0.4) is 0 Å². The van der Waals surface area contributed by atoms with Crippen molar-refractivity contribution in [2.24, 2.45) is 7.05 Å². The second-order valence-corrected chi connectivity index (χ2v) is 9.57. The van der Waals surface area contributed by atoms with Crippen LogP contribution in [0, 0.1) is 13.8 Å². The number of amides is 1. The van der Waals surface area contributed by atoms with Crippen LogP contribution in [0.15, 0.2) is 53.5 Å². The van der Waals surface area contributed by atoms with Crippen LogP contribution in [-0.4, -0.2) is 38.8 Å². The molecule has 0 aliphatic heterocycles. The number of aromatic nitrogens is 2. The largest absolute Gasteiger partial charge is 0.456 e. The first-order chi connectivity index (χ1) is 17.6. The number of para-hydroxylation sites is 1. The summed E-state index contributed by atoms with van der Waals surface area (Å²) in [6.07, 6.45) is 1.86. The lowest BCUT2D eigenvalue weighted by molar-refractivity contribution is 0.0299. The summed E-state index contributed by atoms with van der Waals surface area (Å²) in [5.41, 5.74) is 2.84. The molecular weight excluding hydrogens is 470 g/mol. The number of carbonyl (C=O) groups is 1. The SMILES string of the molecule is CCNC(=O)c1cc2c(-c3cc(C(C)(O)CCO)ccc3Oc3c(C)cccc3C)cn(C)c(=O)c2[nH]1. The fourth-order valence-electron chi connectivity index (χ4n) is 4.52. The third kappa shape index (κ3) is 5.03. The summed E-state index contributed by atoms with van der Waals surface area (Å²) >= 11 is 0. The van der Waals surface area contributed by atoms with Gasteiger partial charge in [-0.1, -0.05) is 24.3 Å². The zero-order chi connectivity index (χ0) is 26.9. The van der Waals surface area contributed by atoms with Crippen LogP contribution in [-0.2, 0) is 12.6 Å². The monoisotopic (exact) mass is 503 g/mol. The van der Waals surface area contributed by atoms with Crippen molar-refractivity contribution in [3.8, 4) is 22.6 Å². The van der Waals surface area contributed by atoms with Gasteiger partial charge in [-0.25, -0.2) is 0 Å². The topological polar surface area (TPSA) is 117 Å². The number of rotatable bonds is 8. The minimum atomic E-state index is -1.29. The number of nitrogens with zero attached hydrogens (tertiary/aromatic N) is 1. The first kappa shape index (κ1) is 26.2. The molecule has 4 rings (SSSR count). The van der Waals surface area contributed by atoms with Crippen molar-refractivity contribution in [2.45, 2.75) is 39.7 Å². The number of pyridine rings is 1. The highest BCUT2D eigenvalue weighted by Gasteiger charge is 2.26. The van der Waals surface area contributed by atoms with Crippen molar-refractivity contribution >= 4 is 16.8 Å². The Hall–Kier alpha value is -3.88. The van der Waals surface area contributed by atoms with Crippen molar-refractivity contribution in [3.63, 3.8) is 0 Å². The molecule has 0 aliphatic carbocycles. The van der Waals surface area contributed by atoms with Gasteiger partial charge < -0.3 is 29.8 Å². The number of carbonyl (C=O) groups excluding carboxylic acids is 1. The van der Waals surface area contributed by atoms with Crippen LogP contribution in [0.4, 0.5) is 0 Å². The Morgan fingerprint density at radius 2 is 1.84 bits per heavy atom. The van der Waals surface area contributed by atoms with Gasteiger partial charge >= 0.3 is 0 Å². The molecular formula is C29H33N3O5. The number of aliphatic hydroxyl groups excluding tert-OH is 1. The Labute approximate surface area is 215 Å². The van der Waals surface area contributed by atoms with E-state index in [1.165, 1.54) is 4.57 Å². The van der Waals surface area contributed by atoms with Gasteiger partial charge in [0.05, 0.1) is 5.60 Å². The van der Waals surface area contributed by atoms with E-state index in [2.05, 4.69) is 10.3 Å². The smallest absolute Gasteiger partial charge is 0.274 e. The summed E-state index contributed by atoms with van der Waals surface area (Å²) in [6, 6.07) is 13.0. The maximum atomic E-state index is 13.0. The normalized spacial score (nSPS) is 12.9. The van der Waals surface area contributed by atoms with Crippen LogP contribution in [0.25, 0.3) is 22.0 Å². The number of nitrogens with one attached hydrogen (secondary N) is 2. The standard InChI is InChI=1S/C29H33N3O5/c1-6-30-27(34)23-15-21-22(16-32(5)28(35)25(21)31-23)20-14-19(29(4,36)12-13-33)10-11-24(20)37-26-17(2)8-7-9-18(26)3/h7-11,14-16,31,33,36H,6,12-13H2,1-5H3,(H,30,34). The molecule has 194 valence electrons. The molecule has 0 saturated heterocycles. The Bertz CT molecular complexity index is 1510. The van der Waals surface area contributed by atoms with E-state index in [0.29, 0.717) is 39.9 Å². The average Bonchev–Trinajstić information content (AvgIpc) is 3.30. The number of benzene rings is 2. The van der Waals surface area contributed by atoms with Gasteiger partial charge in [-0.2, -0.15) is 0 Å². The molecule has 0 radical (unpaired) electrons. The Morgan fingerprint density at radius 3 is 2.49 bits per heavy atom. The van der Waals surface area contributed by atoms with Crippen LogP contribution >= 0.6 is 0 Å². The summed E-state index contributed by atoms with van der Waals surface area (Å²) in [4.78, 5) is 28.5. The third-order valence-corrected chi connectivity index (χ3v) is 6.66. The predicted octanol–water partition coefficient (Wildman–Crippen LogP) is 4.28. The van der Waals surface area contributed by atoms with Gasteiger partial charge in [-0.15, -0.1) is 0 Å². The molecule has 0 aliphatic rings. The van der Waals surface area contributed by atoms with E-state index in [0.717, 1.165) is 16.9 Å². The van der Waals surface area contributed by atoms with E-state index >= 15 is 0 Å². The molecule has 1 atom stereocenters. The minimum absolute atomic E-state index is 0.151. The highest BCUT2D eigenvalue weighted by atomic mass is 16.5. The summed E-state index contributed by atoms with van der Waals surface area (Å²) in [7, 11) is 1.65. The Kier molecular flexibility index (Phi) is 7.25. The fourth-order valence-corrected chi connectivity index (χ4v) is 4.52. The molecule has 0 fully saturated rings. The summed E-state index contributed by atoms with van der Waals surface area (Å²) < 4.78 is 7.91. The van der Waals surface area contributed by atoms with E-state index < -0.39 is 5.60 Å². The van der Waals surface area contributed by atoms with E-state index in [1.54, 1.807) is 38.4 Å². The second-order valence-electron chi connectivity index (χ2n) is 9.57. The number of H-pyrrole nitrogens is 1. The van der Waals surface area contributed by atoms with E-state index in [9.17, 15) is 19.8 Å². The maximum absolute atomic E-state index is 13.0. The predicted molar refractivity (Wildman–Crippen MR) is 144 cm³/mol. The molecule has 4 aromatic rings. The minimum Gasteiger partial charge on any atom is -0.456 e. The Balaban J connectivity index is 2.00. The van der Waals surface area contributed by atoms with Crippen LogP contribution in [0.5, 0.6) is 11.5 Å². The molecule has 4 N–H and O–H groups in total. The summed E-state index contributed by atoms with van der Waals surface area (Å²) in [5.74, 6) is 0.941. The van der Waals surface area contributed by atoms with Gasteiger partial charge in [-0.3, -0.25) is 9.59 Å². The zero-order valence-electron chi connectivity index (χ0n) is 21.8. The molecule has 2 heterocycles. The first-order valence-electron chi connectivity index (χ1n) is 12.3. The lowest BCUT2D eigenvalue weighted by Crippen LogP contribution is -2.23. The number of hydrogen-bond donors (Lipinski definition) is 4. The van der Waals surface area contributed by atoms with Gasteiger partial charge in [0.1, 0.15) is 22.7 Å². The number of hydrogen-bond acceptors (Lipinski definition) is 5. The number of aliphatic hydroxyl groups is 2. The van der Waals surface area contributed by atoms with Gasteiger partial charge in [0.25, 0.3) is 11.5 Å². The number of fused-ring (bicyclic) bond motifs is 1. The van der Waals surface area contributed by atoms with E-state index in [4.69, 9.17) is 4.74 Å². The van der Waals surface area contributed by atoms with Gasteiger partial charge in [0, 0.05) is 49.3 Å². The highest BCUT2D eigenvalue weighted by molar-refractivity contribution is 6.03. The van der Waals surface area contributed by atoms with Gasteiger partial charge in [0.15, 0.2) is 0 Å². The molecule has 2 aromatic carbocycles. The average molecular weight is 504 g/mol.